The highest BCUT2D eigenvalue weighted by atomic mass is 16.2. The van der Waals surface area contributed by atoms with Gasteiger partial charge in [0.2, 0.25) is 5.91 Å². The zero-order chi connectivity index (χ0) is 15.9. The Labute approximate surface area is 129 Å². The number of nitrogens with one attached hydrogen (secondary N) is 3. The van der Waals surface area contributed by atoms with Crippen molar-refractivity contribution in [2.24, 2.45) is 11.3 Å². The molecule has 0 radical (unpaired) electrons. The van der Waals surface area contributed by atoms with Gasteiger partial charge in [0.15, 0.2) is 0 Å². The fourth-order valence-electron chi connectivity index (χ4n) is 4.41. The molecule has 21 heavy (non-hydrogen) atoms. The van der Waals surface area contributed by atoms with Crippen LogP contribution in [0.4, 0.5) is 0 Å². The largest absolute Gasteiger partial charge is 0.353 e. The van der Waals surface area contributed by atoms with Gasteiger partial charge in [0.25, 0.3) is 0 Å². The van der Waals surface area contributed by atoms with Crippen molar-refractivity contribution in [3.63, 3.8) is 0 Å². The number of hydrogen-bond acceptors (Lipinski definition) is 3. The van der Waals surface area contributed by atoms with Gasteiger partial charge in [-0.15, -0.1) is 0 Å². The Morgan fingerprint density at radius 1 is 1.14 bits per heavy atom. The SMILES string of the molecule is CC(C)C1(C(=O)NC2CC(C)(C)NC(C)(C)C2)CCNC1. The fraction of sp³-hybridized carbons (Fsp3) is 0.941. The quantitative estimate of drug-likeness (QED) is 0.747. The minimum Gasteiger partial charge on any atom is -0.353 e. The summed E-state index contributed by atoms with van der Waals surface area (Å²) in [6.45, 7) is 15.0. The summed E-state index contributed by atoms with van der Waals surface area (Å²) in [5, 5.41) is 10.4. The molecule has 2 fully saturated rings. The van der Waals surface area contributed by atoms with Crippen LogP contribution in [0.5, 0.6) is 0 Å². The number of carbonyl (C=O) groups excluding carboxylic acids is 1. The van der Waals surface area contributed by atoms with Gasteiger partial charge < -0.3 is 16.0 Å². The molecule has 0 aliphatic carbocycles. The third kappa shape index (κ3) is 3.59. The van der Waals surface area contributed by atoms with Crippen molar-refractivity contribution in [1.29, 1.82) is 0 Å². The van der Waals surface area contributed by atoms with Crippen LogP contribution in [0.1, 0.15) is 60.8 Å². The van der Waals surface area contributed by atoms with Crippen LogP contribution in [-0.4, -0.2) is 36.1 Å². The highest BCUT2D eigenvalue weighted by Gasteiger charge is 2.46. The zero-order valence-corrected chi connectivity index (χ0v) is 14.6. The van der Waals surface area contributed by atoms with Gasteiger partial charge in [-0.2, -0.15) is 0 Å². The predicted molar refractivity (Wildman–Crippen MR) is 87.2 cm³/mol. The molecule has 4 heteroatoms. The van der Waals surface area contributed by atoms with Gasteiger partial charge in [0.1, 0.15) is 0 Å². The molecule has 0 aromatic heterocycles. The fourth-order valence-corrected chi connectivity index (χ4v) is 4.41. The van der Waals surface area contributed by atoms with Crippen molar-refractivity contribution >= 4 is 5.91 Å². The molecule has 0 saturated carbocycles. The molecule has 3 N–H and O–H groups in total. The molecule has 2 saturated heterocycles. The Morgan fingerprint density at radius 2 is 1.71 bits per heavy atom. The Morgan fingerprint density at radius 3 is 2.14 bits per heavy atom. The minimum atomic E-state index is -0.223. The first-order valence-electron chi connectivity index (χ1n) is 8.37. The van der Waals surface area contributed by atoms with Crippen molar-refractivity contribution < 1.29 is 4.79 Å². The van der Waals surface area contributed by atoms with E-state index in [4.69, 9.17) is 0 Å². The molecule has 1 amide bonds. The molecule has 4 nitrogen and oxygen atoms in total. The predicted octanol–water partition coefficient (Wildman–Crippen LogP) is 2.05. The molecule has 2 aliphatic rings. The number of rotatable bonds is 3. The van der Waals surface area contributed by atoms with Crippen LogP contribution in [0, 0.1) is 11.3 Å². The van der Waals surface area contributed by atoms with Crippen LogP contribution in [0.15, 0.2) is 0 Å². The summed E-state index contributed by atoms with van der Waals surface area (Å²) in [5.74, 6) is 0.622. The Balaban J connectivity index is 2.08. The number of hydrogen-bond donors (Lipinski definition) is 3. The van der Waals surface area contributed by atoms with Gasteiger partial charge >= 0.3 is 0 Å². The summed E-state index contributed by atoms with van der Waals surface area (Å²) in [7, 11) is 0. The van der Waals surface area contributed by atoms with Crippen molar-refractivity contribution in [3.05, 3.63) is 0 Å². The van der Waals surface area contributed by atoms with Crippen LogP contribution in [0.3, 0.4) is 0 Å². The lowest BCUT2D eigenvalue weighted by Gasteiger charge is -2.47. The highest BCUT2D eigenvalue weighted by molar-refractivity contribution is 5.84. The first-order valence-corrected chi connectivity index (χ1v) is 8.37. The molecule has 2 heterocycles. The van der Waals surface area contributed by atoms with Gasteiger partial charge in [0, 0.05) is 23.7 Å². The second kappa shape index (κ2) is 5.54. The van der Waals surface area contributed by atoms with Gasteiger partial charge in [-0.05, 0) is 59.4 Å². The Hall–Kier alpha value is -0.610. The van der Waals surface area contributed by atoms with Crippen LogP contribution < -0.4 is 16.0 Å². The Bertz CT molecular complexity index is 379. The van der Waals surface area contributed by atoms with E-state index >= 15 is 0 Å². The molecule has 2 aliphatic heterocycles. The topological polar surface area (TPSA) is 53.2 Å². The van der Waals surface area contributed by atoms with E-state index in [1.165, 1.54) is 0 Å². The standard InChI is InChI=1S/C17H33N3O/c1-12(2)17(7-8-18-11-17)14(21)19-13-9-15(3,4)20-16(5,6)10-13/h12-13,18,20H,7-11H2,1-6H3,(H,19,21). The summed E-state index contributed by atoms with van der Waals surface area (Å²) < 4.78 is 0. The van der Waals surface area contributed by atoms with Crippen LogP contribution in [-0.2, 0) is 4.79 Å². The maximum Gasteiger partial charge on any atom is 0.228 e. The monoisotopic (exact) mass is 295 g/mol. The average molecular weight is 295 g/mol. The molecule has 122 valence electrons. The van der Waals surface area contributed by atoms with Gasteiger partial charge in [-0.3, -0.25) is 4.79 Å². The van der Waals surface area contributed by atoms with Crippen molar-refractivity contribution in [2.45, 2.75) is 77.9 Å². The number of carbonyl (C=O) groups is 1. The summed E-state index contributed by atoms with van der Waals surface area (Å²) in [6.07, 6.45) is 2.93. The molecule has 0 aromatic rings. The first-order chi connectivity index (χ1) is 9.56. The number of amides is 1. The van der Waals surface area contributed by atoms with E-state index in [0.717, 1.165) is 32.4 Å². The molecule has 0 aromatic carbocycles. The van der Waals surface area contributed by atoms with Gasteiger partial charge in [-0.1, -0.05) is 13.8 Å². The van der Waals surface area contributed by atoms with E-state index < -0.39 is 0 Å². The van der Waals surface area contributed by atoms with Gasteiger partial charge in [0.05, 0.1) is 5.41 Å². The minimum absolute atomic E-state index is 0.0681. The van der Waals surface area contributed by atoms with E-state index in [0.29, 0.717) is 5.92 Å². The summed E-state index contributed by atoms with van der Waals surface area (Å²) in [6, 6.07) is 0.264. The van der Waals surface area contributed by atoms with Crippen molar-refractivity contribution in [3.8, 4) is 0 Å². The highest BCUT2D eigenvalue weighted by Crippen LogP contribution is 2.36. The smallest absolute Gasteiger partial charge is 0.228 e. The molecule has 1 atom stereocenters. The molecular weight excluding hydrogens is 262 g/mol. The van der Waals surface area contributed by atoms with E-state index in [9.17, 15) is 4.79 Å². The van der Waals surface area contributed by atoms with E-state index in [2.05, 4.69) is 57.5 Å². The van der Waals surface area contributed by atoms with Crippen LogP contribution >= 0.6 is 0 Å². The van der Waals surface area contributed by atoms with E-state index in [1.807, 2.05) is 0 Å². The van der Waals surface area contributed by atoms with Crippen LogP contribution in [0.2, 0.25) is 0 Å². The third-order valence-corrected chi connectivity index (χ3v) is 5.27. The molecule has 0 spiro atoms. The second-order valence-corrected chi connectivity index (χ2v) is 8.71. The summed E-state index contributed by atoms with van der Waals surface area (Å²) >= 11 is 0. The molecule has 1 unspecified atom stereocenters. The number of piperidine rings is 1. The third-order valence-electron chi connectivity index (χ3n) is 5.27. The molecule has 0 bridgehead atoms. The van der Waals surface area contributed by atoms with Crippen LogP contribution in [0.25, 0.3) is 0 Å². The normalized spacial score (nSPS) is 32.3. The molecular formula is C17H33N3O. The lowest BCUT2D eigenvalue weighted by atomic mass is 9.74. The maximum absolute atomic E-state index is 12.9. The summed E-state index contributed by atoms with van der Waals surface area (Å²) in [5.41, 5.74) is -0.0869. The van der Waals surface area contributed by atoms with E-state index in [-0.39, 0.29) is 28.4 Å². The first kappa shape index (κ1) is 16.8. The summed E-state index contributed by atoms with van der Waals surface area (Å²) in [4.78, 5) is 12.9. The lowest BCUT2D eigenvalue weighted by Crippen LogP contribution is -2.63. The zero-order valence-electron chi connectivity index (χ0n) is 14.6. The van der Waals surface area contributed by atoms with E-state index in [1.54, 1.807) is 0 Å². The Kier molecular flexibility index (Phi) is 4.42. The van der Waals surface area contributed by atoms with Gasteiger partial charge in [-0.25, -0.2) is 0 Å². The average Bonchev–Trinajstić information content (AvgIpc) is 2.73. The molecule has 2 rings (SSSR count). The van der Waals surface area contributed by atoms with Crippen molar-refractivity contribution in [2.75, 3.05) is 13.1 Å². The lowest BCUT2D eigenvalue weighted by molar-refractivity contribution is -0.133. The maximum atomic E-state index is 12.9. The second-order valence-electron chi connectivity index (χ2n) is 8.71. The van der Waals surface area contributed by atoms with Crippen molar-refractivity contribution in [1.82, 2.24) is 16.0 Å².